The average molecular weight is 454 g/mol. The summed E-state index contributed by atoms with van der Waals surface area (Å²) in [5, 5.41) is 7.36. The highest BCUT2D eigenvalue weighted by Gasteiger charge is 2.31. The van der Waals surface area contributed by atoms with Crippen LogP contribution >= 0.6 is 12.4 Å². The molecular weight excluding hydrogens is 435 g/mol. The molecular formula is C20H19ClF3N5O2. The Hall–Kier alpha value is -2.82. The molecule has 164 valence electrons. The van der Waals surface area contributed by atoms with Crippen molar-refractivity contribution in [2.24, 2.45) is 0 Å². The maximum atomic E-state index is 12.6. The average Bonchev–Trinajstić information content (AvgIpc) is 3.25. The van der Waals surface area contributed by atoms with Crippen molar-refractivity contribution >= 4 is 18.2 Å². The number of alkyl halides is 3. The number of ketones is 1. The summed E-state index contributed by atoms with van der Waals surface area (Å²) in [6.45, 7) is 2.26. The molecule has 0 amide bonds. The van der Waals surface area contributed by atoms with Gasteiger partial charge in [0.1, 0.15) is 5.69 Å². The van der Waals surface area contributed by atoms with Gasteiger partial charge in [0.2, 0.25) is 5.95 Å². The zero-order valence-electron chi connectivity index (χ0n) is 16.2. The van der Waals surface area contributed by atoms with Crippen LogP contribution in [0.25, 0.3) is 5.95 Å². The van der Waals surface area contributed by atoms with Gasteiger partial charge < -0.3 is 10.1 Å². The molecule has 1 atom stereocenters. The van der Waals surface area contributed by atoms with Crippen LogP contribution in [-0.2, 0) is 17.3 Å². The number of morpholine rings is 1. The molecule has 1 N–H and O–H groups in total. The van der Waals surface area contributed by atoms with E-state index in [1.165, 1.54) is 16.9 Å². The van der Waals surface area contributed by atoms with Gasteiger partial charge in [-0.2, -0.15) is 18.3 Å². The topological polar surface area (TPSA) is 81.9 Å². The quantitative estimate of drug-likeness (QED) is 0.597. The van der Waals surface area contributed by atoms with E-state index < -0.39 is 11.7 Å². The van der Waals surface area contributed by atoms with Crippen LogP contribution in [-0.4, -0.2) is 45.2 Å². The maximum Gasteiger partial charge on any atom is 0.419 e. The predicted octanol–water partition coefficient (Wildman–Crippen LogP) is 3.19. The van der Waals surface area contributed by atoms with Crippen LogP contribution in [0, 0.1) is 0 Å². The lowest BCUT2D eigenvalue weighted by Gasteiger charge is -2.24. The molecule has 0 spiro atoms. The number of aromatic nitrogens is 4. The Morgan fingerprint density at radius 3 is 2.48 bits per heavy atom. The van der Waals surface area contributed by atoms with E-state index in [-0.39, 0.29) is 42.4 Å². The number of Topliss-reactive ketones (excluding diaryl/α,β-unsaturated/α-hetero) is 1. The van der Waals surface area contributed by atoms with E-state index in [4.69, 9.17) is 4.74 Å². The number of ether oxygens (including phenoxy) is 1. The summed E-state index contributed by atoms with van der Waals surface area (Å²) < 4.78 is 44.7. The Labute approximate surface area is 182 Å². The standard InChI is InChI=1S/C20H18F3N5O2.ClH/c21-20(22,23)15-10-25-19(26-11-15)28-7-5-16(27-28)17(29)9-13-1-3-14(4-2-13)18-12-24-6-8-30-18;/h1-5,7,10-11,18,24H,6,8-9,12H2;1H/t18-;/m1./s1. The van der Waals surface area contributed by atoms with E-state index in [1.54, 1.807) is 0 Å². The third kappa shape index (κ3) is 5.46. The Morgan fingerprint density at radius 1 is 1.16 bits per heavy atom. The predicted molar refractivity (Wildman–Crippen MR) is 107 cm³/mol. The molecule has 7 nitrogen and oxygen atoms in total. The third-order valence-electron chi connectivity index (χ3n) is 4.69. The van der Waals surface area contributed by atoms with Gasteiger partial charge in [0.25, 0.3) is 0 Å². The van der Waals surface area contributed by atoms with Crippen molar-refractivity contribution in [3.8, 4) is 5.95 Å². The van der Waals surface area contributed by atoms with Crippen molar-refractivity contribution in [3.63, 3.8) is 0 Å². The molecule has 3 heterocycles. The zero-order valence-corrected chi connectivity index (χ0v) is 17.0. The second-order valence-electron chi connectivity index (χ2n) is 6.82. The van der Waals surface area contributed by atoms with Gasteiger partial charge in [-0.25, -0.2) is 14.6 Å². The smallest absolute Gasteiger partial charge is 0.371 e. The minimum Gasteiger partial charge on any atom is -0.371 e. The number of nitrogens with one attached hydrogen (secondary N) is 1. The lowest BCUT2D eigenvalue weighted by molar-refractivity contribution is -0.138. The third-order valence-corrected chi connectivity index (χ3v) is 4.69. The minimum absolute atomic E-state index is 0. The summed E-state index contributed by atoms with van der Waals surface area (Å²) in [5.74, 6) is -0.267. The summed E-state index contributed by atoms with van der Waals surface area (Å²) >= 11 is 0. The molecule has 2 aromatic heterocycles. The lowest BCUT2D eigenvalue weighted by Crippen LogP contribution is -2.33. The van der Waals surface area contributed by atoms with Gasteiger partial charge in [0.05, 0.1) is 18.3 Å². The van der Waals surface area contributed by atoms with E-state index >= 15 is 0 Å². The summed E-state index contributed by atoms with van der Waals surface area (Å²) in [5.41, 5.74) is 1.10. The first kappa shape index (κ1) is 22.9. The van der Waals surface area contributed by atoms with Gasteiger partial charge in [0, 0.05) is 38.1 Å². The Morgan fingerprint density at radius 2 is 1.87 bits per heavy atom. The molecule has 1 aliphatic rings. The van der Waals surface area contributed by atoms with Crippen LogP contribution in [0.5, 0.6) is 0 Å². The van der Waals surface area contributed by atoms with E-state index in [0.29, 0.717) is 19.0 Å². The first-order valence-corrected chi connectivity index (χ1v) is 9.30. The number of rotatable bonds is 5. The fraction of sp³-hybridized carbons (Fsp3) is 0.300. The van der Waals surface area contributed by atoms with Gasteiger partial charge in [-0.1, -0.05) is 24.3 Å². The van der Waals surface area contributed by atoms with E-state index in [2.05, 4.69) is 20.4 Å². The molecule has 1 saturated heterocycles. The first-order chi connectivity index (χ1) is 14.4. The molecule has 4 rings (SSSR count). The van der Waals surface area contributed by atoms with E-state index in [9.17, 15) is 18.0 Å². The number of nitrogens with zero attached hydrogens (tertiary/aromatic N) is 4. The van der Waals surface area contributed by atoms with Crippen LogP contribution in [0.15, 0.2) is 48.9 Å². The van der Waals surface area contributed by atoms with Gasteiger partial charge in [-0.15, -0.1) is 12.4 Å². The largest absolute Gasteiger partial charge is 0.419 e. The van der Waals surface area contributed by atoms with Crippen molar-refractivity contribution < 1.29 is 22.7 Å². The maximum absolute atomic E-state index is 12.6. The second kappa shape index (κ2) is 9.54. The molecule has 0 bridgehead atoms. The first-order valence-electron chi connectivity index (χ1n) is 9.30. The van der Waals surface area contributed by atoms with Gasteiger partial charge >= 0.3 is 6.18 Å². The van der Waals surface area contributed by atoms with Crippen molar-refractivity contribution in [3.05, 3.63) is 71.3 Å². The molecule has 0 aliphatic carbocycles. The summed E-state index contributed by atoms with van der Waals surface area (Å²) in [6, 6.07) is 9.12. The molecule has 3 aromatic rings. The van der Waals surface area contributed by atoms with E-state index in [0.717, 1.165) is 24.2 Å². The highest BCUT2D eigenvalue weighted by molar-refractivity contribution is 5.95. The molecule has 0 radical (unpaired) electrons. The zero-order chi connectivity index (χ0) is 21.1. The summed E-state index contributed by atoms with van der Waals surface area (Å²) in [6.07, 6.45) is -1.57. The highest BCUT2D eigenvalue weighted by atomic mass is 35.5. The van der Waals surface area contributed by atoms with Crippen LogP contribution in [0.2, 0.25) is 0 Å². The second-order valence-corrected chi connectivity index (χ2v) is 6.82. The minimum atomic E-state index is -4.51. The molecule has 0 unspecified atom stereocenters. The highest BCUT2D eigenvalue weighted by Crippen LogP contribution is 2.28. The van der Waals surface area contributed by atoms with Gasteiger partial charge in [-0.05, 0) is 17.2 Å². The lowest BCUT2D eigenvalue weighted by atomic mass is 10.0. The number of carbonyl (C=O) groups excluding carboxylic acids is 1. The number of carbonyl (C=O) groups is 1. The summed E-state index contributed by atoms with van der Waals surface area (Å²) in [7, 11) is 0. The molecule has 1 aromatic carbocycles. The Balaban J connectivity index is 0.00000272. The SMILES string of the molecule is Cl.O=C(Cc1ccc([C@H]2CNCCO2)cc1)c1ccn(-c2ncc(C(F)(F)F)cn2)n1. The van der Waals surface area contributed by atoms with Crippen molar-refractivity contribution in [1.82, 2.24) is 25.1 Å². The normalized spacial score (nSPS) is 16.5. The van der Waals surface area contributed by atoms with Crippen molar-refractivity contribution in [1.29, 1.82) is 0 Å². The monoisotopic (exact) mass is 453 g/mol. The van der Waals surface area contributed by atoms with Gasteiger partial charge in [0.15, 0.2) is 5.78 Å². The van der Waals surface area contributed by atoms with Crippen LogP contribution in [0.1, 0.15) is 33.3 Å². The van der Waals surface area contributed by atoms with Crippen molar-refractivity contribution in [2.45, 2.75) is 18.7 Å². The number of benzene rings is 1. The van der Waals surface area contributed by atoms with E-state index in [1.807, 2.05) is 24.3 Å². The fourth-order valence-corrected chi connectivity index (χ4v) is 3.08. The number of halogens is 4. The van der Waals surface area contributed by atoms with Crippen LogP contribution in [0.4, 0.5) is 13.2 Å². The molecule has 0 saturated carbocycles. The Kier molecular flexibility index (Phi) is 7.04. The van der Waals surface area contributed by atoms with Gasteiger partial charge in [-0.3, -0.25) is 4.79 Å². The Bertz CT molecular complexity index is 1020. The fourth-order valence-electron chi connectivity index (χ4n) is 3.08. The molecule has 11 heteroatoms. The molecule has 1 aliphatic heterocycles. The number of hydrogen-bond donors (Lipinski definition) is 1. The van der Waals surface area contributed by atoms with Crippen LogP contribution in [0.3, 0.4) is 0 Å². The van der Waals surface area contributed by atoms with Crippen molar-refractivity contribution in [2.75, 3.05) is 19.7 Å². The summed E-state index contributed by atoms with van der Waals surface area (Å²) in [4.78, 5) is 19.9. The molecule has 31 heavy (non-hydrogen) atoms. The number of hydrogen-bond acceptors (Lipinski definition) is 6. The molecule has 1 fully saturated rings. The van der Waals surface area contributed by atoms with Crippen LogP contribution < -0.4 is 5.32 Å².